The summed E-state index contributed by atoms with van der Waals surface area (Å²) in [5.41, 5.74) is 0.357. The number of ether oxygens (including phenoxy) is 2. The van der Waals surface area contributed by atoms with E-state index in [0.717, 1.165) is 0 Å². The van der Waals surface area contributed by atoms with E-state index in [1.165, 1.54) is 14.0 Å². The minimum Gasteiger partial charge on any atom is -0.464 e. The second-order valence-corrected chi connectivity index (χ2v) is 5.08. The zero-order valence-electron chi connectivity index (χ0n) is 12.9. The van der Waals surface area contributed by atoms with Gasteiger partial charge in [-0.05, 0) is 31.2 Å². The number of hydrogen-bond donors (Lipinski definition) is 2. The van der Waals surface area contributed by atoms with Crippen LogP contribution in [0.2, 0.25) is 5.02 Å². The molecule has 0 aliphatic rings. The molecular formula is C15H14ClN3O5. The number of nitrogens with zero attached hydrogens (tertiary/aromatic N) is 1. The van der Waals surface area contributed by atoms with E-state index < -0.39 is 12.1 Å². The standard InChI is InChI=1S/C15H14ClN3O5/c1-8-12(13(19-24-8)14(20)22-2)11(17)7-23-15(21)18-10-5-3-9(16)4-6-10/h3-6,17H,7H2,1-2H3,(H,18,21). The third kappa shape index (κ3) is 4.11. The largest absolute Gasteiger partial charge is 0.464 e. The SMILES string of the molecule is COC(=O)c1noc(C)c1C(=N)COC(=O)Nc1ccc(Cl)cc1. The highest BCUT2D eigenvalue weighted by atomic mass is 35.5. The molecule has 0 fully saturated rings. The van der Waals surface area contributed by atoms with Gasteiger partial charge < -0.3 is 19.4 Å². The van der Waals surface area contributed by atoms with Crippen LogP contribution in [0.5, 0.6) is 0 Å². The quantitative estimate of drug-likeness (QED) is 0.632. The summed E-state index contributed by atoms with van der Waals surface area (Å²) >= 11 is 5.75. The number of rotatable bonds is 5. The van der Waals surface area contributed by atoms with E-state index in [9.17, 15) is 9.59 Å². The van der Waals surface area contributed by atoms with Gasteiger partial charge >= 0.3 is 12.1 Å². The van der Waals surface area contributed by atoms with Crippen molar-refractivity contribution in [3.05, 3.63) is 46.3 Å². The van der Waals surface area contributed by atoms with Crippen LogP contribution in [0, 0.1) is 12.3 Å². The Bertz CT molecular complexity index is 770. The van der Waals surface area contributed by atoms with Crippen LogP contribution in [0.3, 0.4) is 0 Å². The number of halogens is 1. The Hall–Kier alpha value is -2.87. The number of anilines is 1. The van der Waals surface area contributed by atoms with Crippen molar-refractivity contribution in [2.24, 2.45) is 0 Å². The molecule has 8 nitrogen and oxygen atoms in total. The summed E-state index contributed by atoms with van der Waals surface area (Å²) in [5, 5.41) is 14.5. The normalized spacial score (nSPS) is 10.1. The molecule has 0 bridgehead atoms. The van der Waals surface area contributed by atoms with E-state index in [0.29, 0.717) is 10.7 Å². The van der Waals surface area contributed by atoms with Gasteiger partial charge in [-0.2, -0.15) is 0 Å². The van der Waals surface area contributed by atoms with E-state index in [4.69, 9.17) is 26.3 Å². The molecule has 0 saturated carbocycles. The van der Waals surface area contributed by atoms with E-state index >= 15 is 0 Å². The summed E-state index contributed by atoms with van der Waals surface area (Å²) in [6, 6.07) is 6.44. The number of aryl methyl sites for hydroxylation is 1. The molecule has 1 heterocycles. The van der Waals surface area contributed by atoms with Gasteiger partial charge in [0.15, 0.2) is 0 Å². The van der Waals surface area contributed by atoms with Gasteiger partial charge in [0.05, 0.1) is 18.4 Å². The molecule has 0 unspecified atom stereocenters. The van der Waals surface area contributed by atoms with Crippen molar-refractivity contribution in [3.63, 3.8) is 0 Å². The van der Waals surface area contributed by atoms with Crippen LogP contribution in [0.1, 0.15) is 21.8 Å². The Morgan fingerprint density at radius 2 is 2.00 bits per heavy atom. The van der Waals surface area contributed by atoms with Crippen LogP contribution in [0.4, 0.5) is 10.5 Å². The lowest BCUT2D eigenvalue weighted by atomic mass is 10.1. The fourth-order valence-corrected chi connectivity index (χ4v) is 1.99. The van der Waals surface area contributed by atoms with E-state index in [-0.39, 0.29) is 29.3 Å². The van der Waals surface area contributed by atoms with Crippen LogP contribution in [0.15, 0.2) is 28.8 Å². The Balaban J connectivity index is 1.98. The van der Waals surface area contributed by atoms with Gasteiger partial charge in [-0.3, -0.25) is 5.32 Å². The van der Waals surface area contributed by atoms with Crippen molar-refractivity contribution in [1.29, 1.82) is 5.41 Å². The summed E-state index contributed by atoms with van der Waals surface area (Å²) < 4.78 is 14.4. The van der Waals surface area contributed by atoms with Crippen LogP contribution in [0.25, 0.3) is 0 Å². The van der Waals surface area contributed by atoms with Crippen molar-refractivity contribution in [2.45, 2.75) is 6.92 Å². The Kier molecular flexibility index (Phi) is 5.54. The van der Waals surface area contributed by atoms with E-state index in [1.807, 2.05) is 0 Å². The highest BCUT2D eigenvalue weighted by molar-refractivity contribution is 6.30. The first kappa shape index (κ1) is 17.5. The summed E-state index contributed by atoms with van der Waals surface area (Å²) in [4.78, 5) is 23.3. The molecule has 126 valence electrons. The van der Waals surface area contributed by atoms with Gasteiger partial charge in [-0.25, -0.2) is 9.59 Å². The first-order valence-corrected chi connectivity index (χ1v) is 7.12. The molecule has 0 saturated heterocycles. The second kappa shape index (κ2) is 7.60. The lowest BCUT2D eigenvalue weighted by Crippen LogP contribution is -2.20. The zero-order chi connectivity index (χ0) is 17.7. The first-order chi connectivity index (χ1) is 11.4. The zero-order valence-corrected chi connectivity index (χ0v) is 13.6. The van der Waals surface area contributed by atoms with Gasteiger partial charge in [-0.1, -0.05) is 16.8 Å². The molecule has 24 heavy (non-hydrogen) atoms. The lowest BCUT2D eigenvalue weighted by molar-refractivity contribution is 0.0589. The third-order valence-electron chi connectivity index (χ3n) is 2.98. The number of amides is 1. The number of benzene rings is 1. The smallest absolute Gasteiger partial charge is 0.412 e. The predicted octanol–water partition coefficient (Wildman–Crippen LogP) is 3.04. The van der Waals surface area contributed by atoms with Crippen molar-refractivity contribution >= 4 is 35.1 Å². The molecule has 9 heteroatoms. The van der Waals surface area contributed by atoms with E-state index in [1.54, 1.807) is 24.3 Å². The first-order valence-electron chi connectivity index (χ1n) is 6.74. The Morgan fingerprint density at radius 3 is 2.62 bits per heavy atom. The summed E-state index contributed by atoms with van der Waals surface area (Å²) in [7, 11) is 1.19. The minimum absolute atomic E-state index is 0.137. The highest BCUT2D eigenvalue weighted by Gasteiger charge is 2.24. The molecular weight excluding hydrogens is 338 g/mol. The Labute approximate surface area is 142 Å². The van der Waals surface area contributed by atoms with Gasteiger partial charge in [0, 0.05) is 10.7 Å². The molecule has 0 aliphatic carbocycles. The fraction of sp³-hybridized carbons (Fsp3) is 0.200. The average molecular weight is 352 g/mol. The van der Waals surface area contributed by atoms with E-state index in [2.05, 4.69) is 15.2 Å². The molecule has 0 radical (unpaired) electrons. The molecule has 2 rings (SSSR count). The van der Waals surface area contributed by atoms with Gasteiger partial charge in [0.25, 0.3) is 0 Å². The van der Waals surface area contributed by atoms with Gasteiger partial charge in [-0.15, -0.1) is 0 Å². The third-order valence-corrected chi connectivity index (χ3v) is 3.23. The molecule has 2 N–H and O–H groups in total. The van der Waals surface area contributed by atoms with Crippen molar-refractivity contribution < 1.29 is 23.6 Å². The number of methoxy groups -OCH3 is 1. The molecule has 2 aromatic rings. The van der Waals surface area contributed by atoms with Crippen LogP contribution < -0.4 is 5.32 Å². The lowest BCUT2D eigenvalue weighted by Gasteiger charge is -2.08. The van der Waals surface area contributed by atoms with Gasteiger partial charge in [0.2, 0.25) is 5.69 Å². The molecule has 1 amide bonds. The topological polar surface area (TPSA) is 115 Å². The molecule has 0 atom stereocenters. The average Bonchev–Trinajstić information content (AvgIpc) is 2.95. The maximum absolute atomic E-state index is 11.7. The number of aromatic nitrogens is 1. The maximum atomic E-state index is 11.7. The summed E-state index contributed by atoms with van der Waals surface area (Å²) in [6.07, 6.45) is -0.754. The number of carbonyl (C=O) groups excluding carboxylic acids is 2. The maximum Gasteiger partial charge on any atom is 0.412 e. The summed E-state index contributed by atoms with van der Waals surface area (Å²) in [5.74, 6) is -0.487. The highest BCUT2D eigenvalue weighted by Crippen LogP contribution is 2.16. The summed E-state index contributed by atoms with van der Waals surface area (Å²) in [6.45, 7) is 1.17. The van der Waals surface area contributed by atoms with Crippen LogP contribution in [-0.4, -0.2) is 36.6 Å². The monoisotopic (exact) mass is 351 g/mol. The molecule has 1 aromatic heterocycles. The number of carbonyl (C=O) groups is 2. The predicted molar refractivity (Wildman–Crippen MR) is 85.8 cm³/mol. The Morgan fingerprint density at radius 1 is 1.33 bits per heavy atom. The van der Waals surface area contributed by atoms with Gasteiger partial charge in [0.1, 0.15) is 12.4 Å². The van der Waals surface area contributed by atoms with Crippen LogP contribution in [-0.2, 0) is 9.47 Å². The van der Waals surface area contributed by atoms with Crippen molar-refractivity contribution in [2.75, 3.05) is 19.0 Å². The number of esters is 1. The van der Waals surface area contributed by atoms with Crippen molar-refractivity contribution in [3.8, 4) is 0 Å². The molecule has 0 spiro atoms. The van der Waals surface area contributed by atoms with Crippen LogP contribution >= 0.6 is 11.6 Å². The van der Waals surface area contributed by atoms with Crippen molar-refractivity contribution in [1.82, 2.24) is 5.16 Å². The minimum atomic E-state index is -0.754. The number of nitrogens with one attached hydrogen (secondary N) is 2. The molecule has 0 aliphatic heterocycles. The molecule has 1 aromatic carbocycles. The fourth-order valence-electron chi connectivity index (χ4n) is 1.86. The second-order valence-electron chi connectivity index (χ2n) is 4.64. The number of hydrogen-bond acceptors (Lipinski definition) is 7.